The molecule has 0 aromatic heterocycles. The van der Waals surface area contributed by atoms with Gasteiger partial charge < -0.3 is 9.80 Å². The van der Waals surface area contributed by atoms with Gasteiger partial charge >= 0.3 is 0 Å². The number of likely N-dealkylation sites (N-methyl/N-ethyl adjacent to an activating group) is 1. The predicted octanol–water partition coefficient (Wildman–Crippen LogP) is 2.62. The minimum Gasteiger partial charge on any atom is -0.364 e. The topological polar surface area (TPSA) is 67.7 Å². The van der Waals surface area contributed by atoms with E-state index >= 15 is 0 Å². The molecule has 1 fully saturated rings. The lowest BCUT2D eigenvalue weighted by Crippen LogP contribution is -2.47. The van der Waals surface area contributed by atoms with Gasteiger partial charge in [0.2, 0.25) is 0 Å². The smallest absolute Gasteiger partial charge is 0.282 e. The molecule has 0 radical (unpaired) electrons. The number of rotatable bonds is 4. The summed E-state index contributed by atoms with van der Waals surface area (Å²) in [6.07, 6.45) is 0. The SMILES string of the molecule is CCN1CCN(C2=C(c3ccc(F)cc3)C(=O)N(c3ccc(C#N)cc3)C2=O)CC1. The minimum absolute atomic E-state index is 0.286. The van der Waals surface area contributed by atoms with E-state index in [1.807, 2.05) is 11.0 Å². The van der Waals surface area contributed by atoms with E-state index in [0.29, 0.717) is 35.6 Å². The second-order valence-electron chi connectivity index (χ2n) is 7.26. The highest BCUT2D eigenvalue weighted by Crippen LogP contribution is 2.35. The van der Waals surface area contributed by atoms with E-state index in [0.717, 1.165) is 24.5 Å². The monoisotopic (exact) mass is 404 g/mol. The van der Waals surface area contributed by atoms with Crippen LogP contribution in [-0.4, -0.2) is 54.3 Å². The van der Waals surface area contributed by atoms with Gasteiger partial charge in [-0.1, -0.05) is 19.1 Å². The molecule has 0 N–H and O–H groups in total. The number of halogens is 1. The number of hydrogen-bond acceptors (Lipinski definition) is 5. The van der Waals surface area contributed by atoms with Crippen molar-refractivity contribution in [3.05, 3.63) is 71.2 Å². The maximum atomic E-state index is 13.5. The first-order chi connectivity index (χ1) is 14.5. The molecule has 0 bridgehead atoms. The van der Waals surface area contributed by atoms with Crippen LogP contribution in [0.4, 0.5) is 10.1 Å². The van der Waals surface area contributed by atoms with Crippen LogP contribution in [0.3, 0.4) is 0 Å². The fourth-order valence-electron chi connectivity index (χ4n) is 3.90. The Morgan fingerprint density at radius 1 is 0.933 bits per heavy atom. The van der Waals surface area contributed by atoms with Gasteiger partial charge in [-0.15, -0.1) is 0 Å². The van der Waals surface area contributed by atoms with Crippen LogP contribution in [0.5, 0.6) is 0 Å². The normalized spacial score (nSPS) is 17.6. The molecule has 2 aromatic rings. The molecule has 6 nitrogen and oxygen atoms in total. The molecule has 0 spiro atoms. The maximum Gasteiger partial charge on any atom is 0.282 e. The van der Waals surface area contributed by atoms with E-state index in [1.54, 1.807) is 24.3 Å². The average Bonchev–Trinajstić information content (AvgIpc) is 3.04. The van der Waals surface area contributed by atoms with Crippen molar-refractivity contribution in [3.63, 3.8) is 0 Å². The molecule has 2 amide bonds. The summed E-state index contributed by atoms with van der Waals surface area (Å²) in [6.45, 7) is 5.89. The average molecular weight is 404 g/mol. The van der Waals surface area contributed by atoms with Crippen molar-refractivity contribution in [1.82, 2.24) is 9.80 Å². The van der Waals surface area contributed by atoms with Gasteiger partial charge in [-0.05, 0) is 48.5 Å². The summed E-state index contributed by atoms with van der Waals surface area (Å²) in [7, 11) is 0. The Bertz CT molecular complexity index is 1050. The third-order valence-corrected chi connectivity index (χ3v) is 5.58. The number of piperazine rings is 1. The molecule has 0 unspecified atom stereocenters. The number of imide groups is 1. The quantitative estimate of drug-likeness (QED) is 0.733. The highest BCUT2D eigenvalue weighted by molar-refractivity contribution is 6.45. The molecule has 2 aliphatic rings. The summed E-state index contributed by atoms with van der Waals surface area (Å²) in [5, 5.41) is 9.02. The lowest BCUT2D eigenvalue weighted by atomic mass is 10.0. The number of nitrogens with zero attached hydrogens (tertiary/aromatic N) is 4. The van der Waals surface area contributed by atoms with Gasteiger partial charge in [-0.25, -0.2) is 9.29 Å². The van der Waals surface area contributed by atoms with Crippen LogP contribution in [0.1, 0.15) is 18.1 Å². The van der Waals surface area contributed by atoms with Crippen LogP contribution in [0.15, 0.2) is 54.2 Å². The Hall–Kier alpha value is -3.50. The Labute approximate surface area is 174 Å². The zero-order valence-electron chi connectivity index (χ0n) is 16.6. The highest BCUT2D eigenvalue weighted by atomic mass is 19.1. The van der Waals surface area contributed by atoms with Crippen molar-refractivity contribution in [2.24, 2.45) is 0 Å². The molecule has 2 aromatic carbocycles. The van der Waals surface area contributed by atoms with Crippen molar-refractivity contribution in [1.29, 1.82) is 5.26 Å². The lowest BCUT2D eigenvalue weighted by molar-refractivity contribution is -0.120. The molecule has 4 rings (SSSR count). The number of amides is 2. The van der Waals surface area contributed by atoms with Crippen LogP contribution in [-0.2, 0) is 9.59 Å². The third-order valence-electron chi connectivity index (χ3n) is 5.58. The standard InChI is InChI=1S/C23H21FN4O2/c1-2-26-11-13-27(14-12-26)21-20(17-5-7-18(24)8-6-17)22(29)28(23(21)30)19-9-3-16(15-25)4-10-19/h3-10H,2,11-14H2,1H3. The maximum absolute atomic E-state index is 13.5. The molecule has 152 valence electrons. The highest BCUT2D eigenvalue weighted by Gasteiger charge is 2.43. The molecule has 0 saturated carbocycles. The summed E-state index contributed by atoms with van der Waals surface area (Å²) in [6, 6.07) is 14.0. The van der Waals surface area contributed by atoms with Gasteiger partial charge in [0.15, 0.2) is 0 Å². The van der Waals surface area contributed by atoms with E-state index in [4.69, 9.17) is 5.26 Å². The summed E-state index contributed by atoms with van der Waals surface area (Å²) in [5.41, 5.74) is 2.01. The molecule has 0 atom stereocenters. The second kappa shape index (κ2) is 8.09. The van der Waals surface area contributed by atoms with Gasteiger partial charge in [0.05, 0.1) is 22.9 Å². The first-order valence-electron chi connectivity index (χ1n) is 9.90. The Kier molecular flexibility index (Phi) is 5.34. The first kappa shape index (κ1) is 19.8. The second-order valence-corrected chi connectivity index (χ2v) is 7.26. The van der Waals surface area contributed by atoms with E-state index in [9.17, 15) is 14.0 Å². The molecule has 1 saturated heterocycles. The Balaban J connectivity index is 1.76. The number of nitriles is 1. The van der Waals surface area contributed by atoms with E-state index in [-0.39, 0.29) is 5.57 Å². The molecule has 7 heteroatoms. The third kappa shape index (κ3) is 3.46. The van der Waals surface area contributed by atoms with Crippen LogP contribution in [0.2, 0.25) is 0 Å². The van der Waals surface area contributed by atoms with E-state index < -0.39 is 17.6 Å². The molecular formula is C23H21FN4O2. The first-order valence-corrected chi connectivity index (χ1v) is 9.90. The lowest BCUT2D eigenvalue weighted by Gasteiger charge is -2.36. The van der Waals surface area contributed by atoms with Crippen LogP contribution < -0.4 is 4.90 Å². The molecule has 30 heavy (non-hydrogen) atoms. The summed E-state index contributed by atoms with van der Waals surface area (Å²) < 4.78 is 13.5. The van der Waals surface area contributed by atoms with Crippen molar-refractivity contribution < 1.29 is 14.0 Å². The van der Waals surface area contributed by atoms with Gasteiger partial charge in [-0.3, -0.25) is 9.59 Å². The zero-order valence-corrected chi connectivity index (χ0v) is 16.6. The van der Waals surface area contributed by atoms with Gasteiger partial charge in [0.1, 0.15) is 11.5 Å². The van der Waals surface area contributed by atoms with Crippen molar-refractivity contribution in [2.75, 3.05) is 37.6 Å². The largest absolute Gasteiger partial charge is 0.364 e. The van der Waals surface area contributed by atoms with Crippen LogP contribution >= 0.6 is 0 Å². The van der Waals surface area contributed by atoms with Gasteiger partial charge in [-0.2, -0.15) is 5.26 Å². The van der Waals surface area contributed by atoms with Crippen molar-refractivity contribution >= 4 is 23.1 Å². The number of anilines is 1. The predicted molar refractivity (Wildman–Crippen MR) is 111 cm³/mol. The fraction of sp³-hybridized carbons (Fsp3) is 0.261. The van der Waals surface area contributed by atoms with Gasteiger partial charge in [0, 0.05) is 26.2 Å². The molecular weight excluding hydrogens is 383 g/mol. The summed E-state index contributed by atoms with van der Waals surface area (Å²) in [4.78, 5) is 32.2. The summed E-state index contributed by atoms with van der Waals surface area (Å²) in [5.74, 6) is -1.24. The van der Waals surface area contributed by atoms with Gasteiger partial charge in [0.25, 0.3) is 11.8 Å². The Morgan fingerprint density at radius 2 is 1.57 bits per heavy atom. The number of hydrogen-bond donors (Lipinski definition) is 0. The molecule has 0 aliphatic carbocycles. The van der Waals surface area contributed by atoms with Crippen molar-refractivity contribution in [3.8, 4) is 6.07 Å². The number of carbonyl (C=O) groups excluding carboxylic acids is 2. The van der Waals surface area contributed by atoms with Crippen LogP contribution in [0.25, 0.3) is 5.57 Å². The van der Waals surface area contributed by atoms with E-state index in [2.05, 4.69) is 11.8 Å². The van der Waals surface area contributed by atoms with Crippen molar-refractivity contribution in [2.45, 2.75) is 6.92 Å². The van der Waals surface area contributed by atoms with E-state index in [1.165, 1.54) is 24.3 Å². The fourth-order valence-corrected chi connectivity index (χ4v) is 3.90. The molecule has 2 aliphatic heterocycles. The minimum atomic E-state index is -0.441. The summed E-state index contributed by atoms with van der Waals surface area (Å²) >= 11 is 0. The number of carbonyl (C=O) groups is 2. The number of benzene rings is 2. The molecule has 2 heterocycles. The zero-order chi connectivity index (χ0) is 21.3. The Morgan fingerprint density at radius 3 is 2.13 bits per heavy atom. The van der Waals surface area contributed by atoms with Crippen LogP contribution in [0, 0.1) is 17.1 Å².